The van der Waals surface area contributed by atoms with Crippen LogP contribution < -0.4 is 0 Å². The molecule has 0 aromatic heterocycles. The zero-order valence-corrected chi connectivity index (χ0v) is 14.7. The number of aliphatic carboxylic acids is 1. The third-order valence-corrected chi connectivity index (χ3v) is 4.47. The fourth-order valence-electron chi connectivity index (χ4n) is 2.63. The van der Waals surface area contributed by atoms with Crippen LogP contribution in [0.3, 0.4) is 0 Å². The van der Waals surface area contributed by atoms with E-state index in [1.54, 1.807) is 0 Å². The molecule has 0 aliphatic heterocycles. The minimum Gasteiger partial charge on any atom is -0.481 e. The third-order valence-electron chi connectivity index (χ3n) is 4.03. The second-order valence-corrected chi connectivity index (χ2v) is 6.82. The molecule has 1 unspecified atom stereocenters. The maximum atomic E-state index is 10.3. The Morgan fingerprint density at radius 2 is 1.24 bits per heavy atom. The molecule has 1 N–H and O–H groups in total. The van der Waals surface area contributed by atoms with Gasteiger partial charge in [0.2, 0.25) is 0 Å². The maximum Gasteiger partial charge on any atom is 0.303 e. The molecule has 3 heteroatoms. The van der Waals surface area contributed by atoms with Gasteiger partial charge in [-0.1, -0.05) is 77.6 Å². The Hall–Kier alpha value is -0.240. The summed E-state index contributed by atoms with van der Waals surface area (Å²) in [4.78, 5) is 10.3. The van der Waals surface area contributed by atoms with Gasteiger partial charge in [0, 0.05) is 11.8 Å². The van der Waals surface area contributed by atoms with Crippen LogP contribution in [0.25, 0.3) is 0 Å². The van der Waals surface area contributed by atoms with E-state index >= 15 is 0 Å². The van der Waals surface area contributed by atoms with Crippen LogP contribution in [-0.2, 0) is 4.79 Å². The van der Waals surface area contributed by atoms with E-state index in [1.165, 1.54) is 77.0 Å². The van der Waals surface area contributed by atoms with Crippen LogP contribution in [0.15, 0.2) is 0 Å². The number of carbonyl (C=O) groups is 1. The predicted octanol–water partition coefficient (Wildman–Crippen LogP) is 6.55. The summed E-state index contributed by atoms with van der Waals surface area (Å²) in [5, 5.41) is 8.92. The zero-order valence-electron chi connectivity index (χ0n) is 13.9. The van der Waals surface area contributed by atoms with Crippen LogP contribution >= 0.6 is 11.6 Å². The van der Waals surface area contributed by atoms with Crippen LogP contribution in [-0.4, -0.2) is 16.5 Å². The van der Waals surface area contributed by atoms with Gasteiger partial charge in [-0.05, 0) is 19.3 Å². The number of rotatable bonds is 16. The molecule has 1 atom stereocenters. The minimum absolute atomic E-state index is 0.333. The molecule has 126 valence electrons. The molecular formula is C18H35ClO2. The van der Waals surface area contributed by atoms with Gasteiger partial charge in [-0.25, -0.2) is 0 Å². The van der Waals surface area contributed by atoms with Gasteiger partial charge >= 0.3 is 5.97 Å². The van der Waals surface area contributed by atoms with Gasteiger partial charge in [0.15, 0.2) is 0 Å². The van der Waals surface area contributed by atoms with Crippen molar-refractivity contribution >= 4 is 17.6 Å². The Labute approximate surface area is 136 Å². The van der Waals surface area contributed by atoms with E-state index in [4.69, 9.17) is 16.7 Å². The van der Waals surface area contributed by atoms with Gasteiger partial charge in [-0.3, -0.25) is 4.79 Å². The van der Waals surface area contributed by atoms with Crippen LogP contribution in [0, 0.1) is 0 Å². The van der Waals surface area contributed by atoms with E-state index in [1.807, 2.05) is 0 Å². The van der Waals surface area contributed by atoms with E-state index in [0.29, 0.717) is 11.8 Å². The standard InChI is InChI=1S/C18H35ClO2/c1-2-3-14-17(19)15-12-10-8-6-4-5-7-9-11-13-16-18(20)21/h17H,2-16H2,1H3,(H,20,21). The number of alkyl halides is 1. The van der Waals surface area contributed by atoms with E-state index in [2.05, 4.69) is 6.92 Å². The molecule has 0 heterocycles. The topological polar surface area (TPSA) is 37.3 Å². The van der Waals surface area contributed by atoms with Crippen LogP contribution in [0.1, 0.15) is 103 Å². The molecule has 0 saturated carbocycles. The molecule has 2 nitrogen and oxygen atoms in total. The van der Waals surface area contributed by atoms with Gasteiger partial charge in [0.25, 0.3) is 0 Å². The maximum absolute atomic E-state index is 10.3. The Morgan fingerprint density at radius 3 is 1.71 bits per heavy atom. The molecule has 0 fully saturated rings. The number of halogens is 1. The molecule has 0 bridgehead atoms. The number of hydrogen-bond acceptors (Lipinski definition) is 1. The first kappa shape index (κ1) is 20.8. The number of hydrogen-bond donors (Lipinski definition) is 1. The molecule has 0 radical (unpaired) electrons. The first-order chi connectivity index (χ1) is 10.2. The quantitative estimate of drug-likeness (QED) is 0.259. The van der Waals surface area contributed by atoms with Gasteiger partial charge in [-0.15, -0.1) is 11.6 Å². The van der Waals surface area contributed by atoms with Crippen molar-refractivity contribution in [3.63, 3.8) is 0 Å². The Kier molecular flexibility index (Phi) is 16.0. The average molecular weight is 319 g/mol. The number of carboxylic acid groups (broad SMARTS) is 1. The summed E-state index contributed by atoms with van der Waals surface area (Å²) in [6, 6.07) is 0. The fourth-order valence-corrected chi connectivity index (χ4v) is 2.93. The molecule has 0 aliphatic carbocycles. The summed E-state index contributed by atoms with van der Waals surface area (Å²) in [5.41, 5.74) is 0. The highest BCUT2D eigenvalue weighted by atomic mass is 35.5. The Balaban J connectivity index is 3.07. The summed E-state index contributed by atoms with van der Waals surface area (Å²) >= 11 is 6.27. The van der Waals surface area contributed by atoms with Crippen molar-refractivity contribution in [3.8, 4) is 0 Å². The lowest BCUT2D eigenvalue weighted by Gasteiger charge is -2.08. The first-order valence-corrected chi connectivity index (χ1v) is 9.46. The van der Waals surface area contributed by atoms with E-state index < -0.39 is 5.97 Å². The van der Waals surface area contributed by atoms with Crippen molar-refractivity contribution in [1.82, 2.24) is 0 Å². The molecule has 21 heavy (non-hydrogen) atoms. The third kappa shape index (κ3) is 17.7. The van der Waals surface area contributed by atoms with E-state index in [-0.39, 0.29) is 0 Å². The molecular weight excluding hydrogens is 284 g/mol. The molecule has 0 amide bonds. The van der Waals surface area contributed by atoms with Crippen molar-refractivity contribution in [3.05, 3.63) is 0 Å². The summed E-state index contributed by atoms with van der Waals surface area (Å²) in [6.45, 7) is 2.22. The van der Waals surface area contributed by atoms with Crippen molar-refractivity contribution in [2.45, 2.75) is 109 Å². The summed E-state index contributed by atoms with van der Waals surface area (Å²) < 4.78 is 0. The lowest BCUT2D eigenvalue weighted by Crippen LogP contribution is -1.97. The number of carboxylic acids is 1. The largest absolute Gasteiger partial charge is 0.481 e. The van der Waals surface area contributed by atoms with Crippen LogP contribution in [0.4, 0.5) is 0 Å². The zero-order chi connectivity index (χ0) is 15.8. The highest BCUT2D eigenvalue weighted by Gasteiger charge is 2.03. The summed E-state index contributed by atoms with van der Waals surface area (Å²) in [7, 11) is 0. The highest BCUT2D eigenvalue weighted by Crippen LogP contribution is 2.17. The van der Waals surface area contributed by atoms with Gasteiger partial charge in [0.1, 0.15) is 0 Å². The van der Waals surface area contributed by atoms with Crippen molar-refractivity contribution < 1.29 is 9.90 Å². The molecule has 0 aromatic carbocycles. The SMILES string of the molecule is CCCCC(Cl)CCCCCCCCCCCCC(=O)O. The average Bonchev–Trinajstić information content (AvgIpc) is 2.45. The molecule has 0 aliphatic rings. The van der Waals surface area contributed by atoms with E-state index in [0.717, 1.165) is 12.8 Å². The molecule has 0 aromatic rings. The molecule has 0 spiro atoms. The van der Waals surface area contributed by atoms with Gasteiger partial charge in [0.05, 0.1) is 0 Å². The fraction of sp³-hybridized carbons (Fsp3) is 0.944. The normalized spacial score (nSPS) is 12.5. The second kappa shape index (κ2) is 16.1. The van der Waals surface area contributed by atoms with Crippen LogP contribution in [0.2, 0.25) is 0 Å². The minimum atomic E-state index is -0.663. The molecule has 0 rings (SSSR count). The first-order valence-electron chi connectivity index (χ1n) is 9.02. The van der Waals surface area contributed by atoms with Gasteiger partial charge in [-0.2, -0.15) is 0 Å². The van der Waals surface area contributed by atoms with E-state index in [9.17, 15) is 4.79 Å². The lowest BCUT2D eigenvalue weighted by atomic mass is 10.0. The van der Waals surface area contributed by atoms with Crippen molar-refractivity contribution in [2.24, 2.45) is 0 Å². The summed E-state index contributed by atoms with van der Waals surface area (Å²) in [5.74, 6) is -0.663. The predicted molar refractivity (Wildman–Crippen MR) is 92.2 cm³/mol. The van der Waals surface area contributed by atoms with Crippen molar-refractivity contribution in [2.75, 3.05) is 0 Å². The summed E-state index contributed by atoms with van der Waals surface area (Å²) in [6.07, 6.45) is 17.5. The number of unbranched alkanes of at least 4 members (excludes halogenated alkanes) is 10. The molecule has 0 saturated heterocycles. The smallest absolute Gasteiger partial charge is 0.303 e. The Morgan fingerprint density at radius 1 is 0.810 bits per heavy atom. The lowest BCUT2D eigenvalue weighted by molar-refractivity contribution is -0.137. The second-order valence-electron chi connectivity index (χ2n) is 6.21. The van der Waals surface area contributed by atoms with Gasteiger partial charge < -0.3 is 5.11 Å². The van der Waals surface area contributed by atoms with Crippen molar-refractivity contribution in [1.29, 1.82) is 0 Å². The van der Waals surface area contributed by atoms with Crippen LogP contribution in [0.5, 0.6) is 0 Å². The highest BCUT2D eigenvalue weighted by molar-refractivity contribution is 6.20. The monoisotopic (exact) mass is 318 g/mol. The Bertz CT molecular complexity index is 231.